The summed E-state index contributed by atoms with van der Waals surface area (Å²) in [6, 6.07) is 12.2. The Morgan fingerprint density at radius 2 is 1.95 bits per heavy atom. The molecule has 0 saturated heterocycles. The highest BCUT2D eigenvalue weighted by molar-refractivity contribution is 5.96. The first-order valence-corrected chi connectivity index (χ1v) is 5.95. The number of anilines is 1. The number of hydrogen-bond donors (Lipinski definition) is 2. The van der Waals surface area contributed by atoms with E-state index in [1.807, 2.05) is 30.3 Å². The maximum absolute atomic E-state index is 13.2. The third-order valence-corrected chi connectivity index (χ3v) is 2.88. The zero-order chi connectivity index (χ0) is 13.8. The Balaban J connectivity index is 2.10. The summed E-state index contributed by atoms with van der Waals surface area (Å²) in [5.74, 6) is -0.759. The molecule has 0 heterocycles. The second-order valence-corrected chi connectivity index (χ2v) is 4.36. The lowest BCUT2D eigenvalue weighted by Gasteiger charge is -2.09. The minimum absolute atomic E-state index is 0.0181. The predicted molar refractivity (Wildman–Crippen MR) is 73.2 cm³/mol. The van der Waals surface area contributed by atoms with Gasteiger partial charge in [-0.2, -0.15) is 0 Å². The van der Waals surface area contributed by atoms with Crippen molar-refractivity contribution in [3.8, 4) is 0 Å². The standard InChI is InChI=1S/C15H15FN2O/c1-10-7-13(16)14(17)8-12(10)15(19)18-9-11-5-3-2-4-6-11/h2-8H,9,17H2,1H3,(H,18,19). The van der Waals surface area contributed by atoms with Gasteiger partial charge in [-0.15, -0.1) is 0 Å². The Labute approximate surface area is 111 Å². The zero-order valence-corrected chi connectivity index (χ0v) is 10.6. The van der Waals surface area contributed by atoms with Crippen LogP contribution in [0.4, 0.5) is 10.1 Å². The maximum Gasteiger partial charge on any atom is 0.251 e. The van der Waals surface area contributed by atoms with Crippen molar-refractivity contribution in [2.45, 2.75) is 13.5 Å². The molecule has 0 aliphatic heterocycles. The van der Waals surface area contributed by atoms with Crippen LogP contribution in [-0.2, 0) is 6.54 Å². The molecule has 0 saturated carbocycles. The first-order valence-electron chi connectivity index (χ1n) is 5.95. The van der Waals surface area contributed by atoms with Crippen molar-refractivity contribution in [3.63, 3.8) is 0 Å². The van der Waals surface area contributed by atoms with Gasteiger partial charge in [0.2, 0.25) is 0 Å². The molecule has 2 rings (SSSR count). The Morgan fingerprint density at radius 3 is 2.63 bits per heavy atom. The third-order valence-electron chi connectivity index (χ3n) is 2.88. The van der Waals surface area contributed by atoms with E-state index in [-0.39, 0.29) is 11.6 Å². The van der Waals surface area contributed by atoms with E-state index in [9.17, 15) is 9.18 Å². The van der Waals surface area contributed by atoms with Gasteiger partial charge in [0.1, 0.15) is 5.82 Å². The van der Waals surface area contributed by atoms with E-state index < -0.39 is 5.82 Å². The molecule has 19 heavy (non-hydrogen) atoms. The van der Waals surface area contributed by atoms with Crippen molar-refractivity contribution in [2.75, 3.05) is 5.73 Å². The van der Waals surface area contributed by atoms with E-state index in [0.717, 1.165) is 5.56 Å². The molecule has 1 amide bonds. The molecule has 2 aromatic rings. The molecular weight excluding hydrogens is 243 g/mol. The van der Waals surface area contributed by atoms with Gasteiger partial charge in [0.05, 0.1) is 5.69 Å². The molecular formula is C15H15FN2O. The second kappa shape index (κ2) is 5.52. The molecule has 98 valence electrons. The number of aryl methyl sites for hydroxylation is 1. The number of amides is 1. The summed E-state index contributed by atoms with van der Waals surface area (Å²) >= 11 is 0. The number of halogens is 1. The van der Waals surface area contributed by atoms with E-state index in [1.54, 1.807) is 6.92 Å². The Kier molecular flexibility index (Phi) is 3.80. The fourth-order valence-corrected chi connectivity index (χ4v) is 1.81. The molecule has 0 radical (unpaired) electrons. The quantitative estimate of drug-likeness (QED) is 0.831. The molecule has 0 atom stereocenters. The maximum atomic E-state index is 13.2. The van der Waals surface area contributed by atoms with Gasteiger partial charge in [-0.25, -0.2) is 4.39 Å². The molecule has 0 aliphatic carbocycles. The first-order chi connectivity index (χ1) is 9.08. The smallest absolute Gasteiger partial charge is 0.251 e. The molecule has 0 aromatic heterocycles. The first kappa shape index (κ1) is 13.1. The summed E-state index contributed by atoms with van der Waals surface area (Å²) in [7, 11) is 0. The second-order valence-electron chi connectivity index (χ2n) is 4.36. The van der Waals surface area contributed by atoms with Gasteiger partial charge >= 0.3 is 0 Å². The van der Waals surface area contributed by atoms with Gasteiger partial charge in [0.15, 0.2) is 0 Å². The van der Waals surface area contributed by atoms with E-state index in [2.05, 4.69) is 5.32 Å². The van der Waals surface area contributed by atoms with Crippen LogP contribution >= 0.6 is 0 Å². The predicted octanol–water partition coefficient (Wildman–Crippen LogP) is 2.65. The molecule has 0 aliphatic rings. The minimum Gasteiger partial charge on any atom is -0.396 e. The third kappa shape index (κ3) is 3.10. The monoisotopic (exact) mass is 258 g/mol. The average Bonchev–Trinajstić information content (AvgIpc) is 2.41. The molecule has 0 unspecified atom stereocenters. The summed E-state index contributed by atoms with van der Waals surface area (Å²) in [5, 5.41) is 2.79. The van der Waals surface area contributed by atoms with E-state index in [0.29, 0.717) is 17.7 Å². The average molecular weight is 258 g/mol. The van der Waals surface area contributed by atoms with E-state index in [1.165, 1.54) is 12.1 Å². The van der Waals surface area contributed by atoms with Crippen LogP contribution < -0.4 is 11.1 Å². The van der Waals surface area contributed by atoms with E-state index >= 15 is 0 Å². The van der Waals surface area contributed by atoms with Gasteiger partial charge < -0.3 is 11.1 Å². The number of rotatable bonds is 3. The molecule has 0 fully saturated rings. The van der Waals surface area contributed by atoms with Crippen molar-refractivity contribution in [2.24, 2.45) is 0 Å². The number of carbonyl (C=O) groups excluding carboxylic acids is 1. The summed E-state index contributed by atoms with van der Waals surface area (Å²) in [6.45, 7) is 2.11. The number of nitrogens with one attached hydrogen (secondary N) is 1. The lowest BCUT2D eigenvalue weighted by Crippen LogP contribution is -2.23. The molecule has 0 spiro atoms. The molecule has 0 bridgehead atoms. The van der Waals surface area contributed by atoms with Gasteiger partial charge in [-0.05, 0) is 30.2 Å². The van der Waals surface area contributed by atoms with Crippen LogP contribution in [0.2, 0.25) is 0 Å². The van der Waals surface area contributed by atoms with Crippen LogP contribution in [0.15, 0.2) is 42.5 Å². The van der Waals surface area contributed by atoms with Gasteiger partial charge in [-0.3, -0.25) is 4.79 Å². The van der Waals surface area contributed by atoms with Crippen LogP contribution in [0.1, 0.15) is 21.5 Å². The topological polar surface area (TPSA) is 55.1 Å². The summed E-state index contributed by atoms with van der Waals surface area (Å²) in [6.07, 6.45) is 0. The largest absolute Gasteiger partial charge is 0.396 e. The highest BCUT2D eigenvalue weighted by atomic mass is 19.1. The summed E-state index contributed by atoms with van der Waals surface area (Å²) < 4.78 is 13.2. The highest BCUT2D eigenvalue weighted by Crippen LogP contribution is 2.17. The molecule has 2 aromatic carbocycles. The summed E-state index contributed by atoms with van der Waals surface area (Å²) in [5.41, 5.74) is 7.43. The Morgan fingerprint density at radius 1 is 1.26 bits per heavy atom. The van der Waals surface area contributed by atoms with Crippen molar-refractivity contribution in [3.05, 3.63) is 65.0 Å². The number of carbonyl (C=O) groups is 1. The van der Waals surface area contributed by atoms with Crippen LogP contribution in [0.25, 0.3) is 0 Å². The number of hydrogen-bond acceptors (Lipinski definition) is 2. The Hall–Kier alpha value is -2.36. The van der Waals surface area contributed by atoms with Crippen molar-refractivity contribution >= 4 is 11.6 Å². The van der Waals surface area contributed by atoms with Crippen LogP contribution in [-0.4, -0.2) is 5.91 Å². The number of nitrogens with two attached hydrogens (primary N) is 1. The van der Waals surface area contributed by atoms with Crippen molar-refractivity contribution < 1.29 is 9.18 Å². The summed E-state index contributed by atoms with van der Waals surface area (Å²) in [4.78, 5) is 12.0. The fourth-order valence-electron chi connectivity index (χ4n) is 1.81. The highest BCUT2D eigenvalue weighted by Gasteiger charge is 2.11. The van der Waals surface area contributed by atoms with E-state index in [4.69, 9.17) is 5.73 Å². The van der Waals surface area contributed by atoms with Gasteiger partial charge in [0, 0.05) is 12.1 Å². The zero-order valence-electron chi connectivity index (χ0n) is 10.6. The number of benzene rings is 2. The van der Waals surface area contributed by atoms with Gasteiger partial charge in [0.25, 0.3) is 5.91 Å². The fraction of sp³-hybridized carbons (Fsp3) is 0.133. The Bertz CT molecular complexity index is 597. The van der Waals surface area contributed by atoms with Crippen LogP contribution in [0.3, 0.4) is 0 Å². The normalized spacial score (nSPS) is 10.2. The molecule has 4 heteroatoms. The van der Waals surface area contributed by atoms with Gasteiger partial charge in [-0.1, -0.05) is 30.3 Å². The van der Waals surface area contributed by atoms with Crippen molar-refractivity contribution in [1.29, 1.82) is 0 Å². The minimum atomic E-state index is -0.503. The SMILES string of the molecule is Cc1cc(F)c(N)cc1C(=O)NCc1ccccc1. The molecule has 3 N–H and O–H groups in total. The molecule has 3 nitrogen and oxygen atoms in total. The lowest BCUT2D eigenvalue weighted by molar-refractivity contribution is 0.0950. The van der Waals surface area contributed by atoms with Crippen molar-refractivity contribution in [1.82, 2.24) is 5.32 Å². The lowest BCUT2D eigenvalue weighted by atomic mass is 10.1. The number of nitrogen functional groups attached to an aromatic ring is 1. The van der Waals surface area contributed by atoms with Crippen LogP contribution in [0.5, 0.6) is 0 Å². The van der Waals surface area contributed by atoms with Crippen LogP contribution in [0, 0.1) is 12.7 Å².